The Morgan fingerprint density at radius 3 is 2.52 bits per heavy atom. The van der Waals surface area contributed by atoms with Crippen molar-refractivity contribution < 1.29 is 31.8 Å². The summed E-state index contributed by atoms with van der Waals surface area (Å²) in [6, 6.07) is 2.24. The van der Waals surface area contributed by atoms with Gasteiger partial charge in [-0.05, 0) is 31.4 Å². The molecule has 2 aliphatic heterocycles. The van der Waals surface area contributed by atoms with E-state index in [0.29, 0.717) is 26.1 Å². The minimum atomic E-state index is -4.40. The van der Waals surface area contributed by atoms with Crippen LogP contribution in [0.2, 0.25) is 0 Å². The smallest absolute Gasteiger partial charge is 0.381 e. The molecule has 0 spiro atoms. The lowest BCUT2D eigenvalue weighted by molar-refractivity contribution is -0.173. The molecule has 25 heavy (non-hydrogen) atoms. The summed E-state index contributed by atoms with van der Waals surface area (Å²) in [6.07, 6.45) is -3.96. The van der Waals surface area contributed by atoms with Gasteiger partial charge in [0.1, 0.15) is 17.7 Å². The van der Waals surface area contributed by atoms with Gasteiger partial charge >= 0.3 is 6.18 Å². The van der Waals surface area contributed by atoms with Gasteiger partial charge in [-0.15, -0.1) is 0 Å². The highest BCUT2D eigenvalue weighted by Gasteiger charge is 2.48. The van der Waals surface area contributed by atoms with Gasteiger partial charge in [-0.25, -0.2) is 9.37 Å². The lowest BCUT2D eigenvalue weighted by atomic mass is 10.0. The van der Waals surface area contributed by atoms with E-state index in [4.69, 9.17) is 9.47 Å². The first-order valence-electron chi connectivity index (χ1n) is 8.07. The summed E-state index contributed by atoms with van der Waals surface area (Å²) in [5, 5.41) is 0. The predicted octanol–water partition coefficient (Wildman–Crippen LogP) is 2.70. The van der Waals surface area contributed by atoms with Crippen molar-refractivity contribution in [3.63, 3.8) is 0 Å². The summed E-state index contributed by atoms with van der Waals surface area (Å²) in [4.78, 5) is 18.1. The number of anilines is 1. The van der Waals surface area contributed by atoms with Gasteiger partial charge in [0, 0.05) is 19.3 Å². The van der Waals surface area contributed by atoms with Crippen molar-refractivity contribution in [1.29, 1.82) is 0 Å². The molecule has 5 nitrogen and oxygen atoms in total. The van der Waals surface area contributed by atoms with E-state index >= 15 is 0 Å². The number of pyridine rings is 1. The Hall–Kier alpha value is -1.74. The van der Waals surface area contributed by atoms with Crippen LogP contribution in [-0.4, -0.2) is 49.0 Å². The molecule has 2 unspecified atom stereocenters. The minimum Gasteiger partial charge on any atom is -0.381 e. The zero-order chi connectivity index (χ0) is 18.0. The lowest BCUT2D eigenvalue weighted by Crippen LogP contribution is -2.48. The molecule has 1 aromatic rings. The van der Waals surface area contributed by atoms with Crippen LogP contribution in [0.5, 0.6) is 0 Å². The summed E-state index contributed by atoms with van der Waals surface area (Å²) < 4.78 is 62.1. The van der Waals surface area contributed by atoms with E-state index in [1.807, 2.05) is 0 Å². The molecule has 3 heterocycles. The van der Waals surface area contributed by atoms with Gasteiger partial charge in [0.25, 0.3) is 5.91 Å². The summed E-state index contributed by atoms with van der Waals surface area (Å²) in [5.41, 5.74) is 0. The van der Waals surface area contributed by atoms with Crippen LogP contribution in [0.4, 0.5) is 23.4 Å². The maximum atomic E-state index is 13.1. The monoisotopic (exact) mass is 362 g/mol. The fourth-order valence-electron chi connectivity index (χ4n) is 3.12. The van der Waals surface area contributed by atoms with Crippen molar-refractivity contribution in [2.45, 2.75) is 37.6 Å². The van der Waals surface area contributed by atoms with Gasteiger partial charge in [-0.1, -0.05) is 0 Å². The average Bonchev–Trinajstić information content (AvgIpc) is 3.08. The number of hydrogen-bond acceptors (Lipinski definition) is 4. The first kappa shape index (κ1) is 18.1. The van der Waals surface area contributed by atoms with Crippen molar-refractivity contribution in [1.82, 2.24) is 4.98 Å². The topological polar surface area (TPSA) is 51.7 Å². The highest BCUT2D eigenvalue weighted by atomic mass is 19.4. The summed E-state index contributed by atoms with van der Waals surface area (Å²) in [7, 11) is 0. The van der Waals surface area contributed by atoms with E-state index in [1.54, 1.807) is 0 Å². The third kappa shape index (κ3) is 4.09. The van der Waals surface area contributed by atoms with Crippen molar-refractivity contribution >= 4 is 11.7 Å². The maximum absolute atomic E-state index is 13.1. The second kappa shape index (κ2) is 7.25. The number of nitrogens with zero attached hydrogens (tertiary/aromatic N) is 2. The molecule has 0 aliphatic carbocycles. The zero-order valence-electron chi connectivity index (χ0n) is 13.3. The van der Waals surface area contributed by atoms with E-state index in [0.717, 1.165) is 12.3 Å². The largest absolute Gasteiger partial charge is 0.394 e. The van der Waals surface area contributed by atoms with Gasteiger partial charge in [0.2, 0.25) is 0 Å². The number of alkyl halides is 3. The molecule has 1 amide bonds. The average molecular weight is 362 g/mol. The molecule has 2 aliphatic rings. The number of hydrogen-bond donors (Lipinski definition) is 0. The fraction of sp³-hybridized carbons (Fsp3) is 0.625. The van der Waals surface area contributed by atoms with Crippen molar-refractivity contribution in [2.75, 3.05) is 24.7 Å². The van der Waals surface area contributed by atoms with Gasteiger partial charge < -0.3 is 9.47 Å². The number of carbonyl (C=O) groups excluding carboxylic acids is 1. The molecular formula is C16H18F4N2O3. The molecule has 0 N–H and O–H groups in total. The van der Waals surface area contributed by atoms with E-state index in [1.165, 1.54) is 11.0 Å². The number of halogens is 4. The predicted molar refractivity (Wildman–Crippen MR) is 79.4 cm³/mol. The van der Waals surface area contributed by atoms with E-state index in [2.05, 4.69) is 4.98 Å². The number of ether oxygens (including phenoxy) is 2. The van der Waals surface area contributed by atoms with Crippen LogP contribution in [0.25, 0.3) is 0 Å². The van der Waals surface area contributed by atoms with Crippen molar-refractivity contribution in [3.8, 4) is 0 Å². The molecule has 0 bridgehead atoms. The second-order valence-corrected chi connectivity index (χ2v) is 6.18. The van der Waals surface area contributed by atoms with Crippen LogP contribution in [0, 0.1) is 11.7 Å². The quantitative estimate of drug-likeness (QED) is 0.776. The molecule has 3 rings (SSSR count). The fourth-order valence-corrected chi connectivity index (χ4v) is 3.12. The Morgan fingerprint density at radius 1 is 1.24 bits per heavy atom. The van der Waals surface area contributed by atoms with Crippen LogP contribution >= 0.6 is 0 Å². The minimum absolute atomic E-state index is 0.206. The Morgan fingerprint density at radius 2 is 1.96 bits per heavy atom. The number of rotatable bonds is 3. The summed E-state index contributed by atoms with van der Waals surface area (Å²) >= 11 is 0. The van der Waals surface area contributed by atoms with Gasteiger partial charge in [0.05, 0.1) is 18.7 Å². The Balaban J connectivity index is 1.81. The molecule has 2 fully saturated rings. The molecule has 0 saturated carbocycles. The van der Waals surface area contributed by atoms with E-state index in [-0.39, 0.29) is 11.9 Å². The standard InChI is InChI=1S/C16H18F4N2O3/c17-11-1-2-14(21-8-11)22(12-3-5-24-6-4-12)15(23)13-7-10(9-25-13)16(18,19)20/h1-2,8,10,12-13H,3-7,9H2. The number of carbonyl (C=O) groups is 1. The third-order valence-corrected chi connectivity index (χ3v) is 4.49. The molecule has 1 aromatic heterocycles. The first-order valence-corrected chi connectivity index (χ1v) is 8.07. The molecular weight excluding hydrogens is 344 g/mol. The Bertz CT molecular complexity index is 602. The lowest BCUT2D eigenvalue weighted by Gasteiger charge is -2.34. The molecule has 0 aromatic carbocycles. The molecule has 0 radical (unpaired) electrons. The summed E-state index contributed by atoms with van der Waals surface area (Å²) in [5.74, 6) is -2.58. The van der Waals surface area contributed by atoms with Crippen LogP contribution in [-0.2, 0) is 14.3 Å². The highest BCUT2D eigenvalue weighted by molar-refractivity contribution is 5.96. The normalized spacial score (nSPS) is 25.1. The van der Waals surface area contributed by atoms with Gasteiger partial charge in [-0.3, -0.25) is 9.69 Å². The van der Waals surface area contributed by atoms with E-state index in [9.17, 15) is 22.4 Å². The van der Waals surface area contributed by atoms with Crippen LogP contribution in [0.1, 0.15) is 19.3 Å². The summed E-state index contributed by atoms with van der Waals surface area (Å²) in [6.45, 7) is 0.344. The second-order valence-electron chi connectivity index (χ2n) is 6.18. The Labute approximate surface area is 141 Å². The van der Waals surface area contributed by atoms with Crippen LogP contribution in [0.3, 0.4) is 0 Å². The Kier molecular flexibility index (Phi) is 5.24. The zero-order valence-corrected chi connectivity index (χ0v) is 13.3. The third-order valence-electron chi connectivity index (χ3n) is 4.49. The molecule has 9 heteroatoms. The first-order chi connectivity index (χ1) is 11.9. The van der Waals surface area contributed by atoms with Crippen molar-refractivity contribution in [3.05, 3.63) is 24.1 Å². The van der Waals surface area contributed by atoms with Gasteiger partial charge in [-0.2, -0.15) is 13.2 Å². The molecule has 2 atom stereocenters. The van der Waals surface area contributed by atoms with Gasteiger partial charge in [0.15, 0.2) is 0 Å². The van der Waals surface area contributed by atoms with Crippen LogP contribution < -0.4 is 4.90 Å². The van der Waals surface area contributed by atoms with Crippen LogP contribution in [0.15, 0.2) is 18.3 Å². The molecule has 138 valence electrons. The molecule has 2 saturated heterocycles. The van der Waals surface area contributed by atoms with E-state index < -0.39 is 43.0 Å². The number of amides is 1. The SMILES string of the molecule is O=C(C1CC(C(F)(F)F)CO1)N(c1ccc(F)cn1)C1CCOCC1. The number of aromatic nitrogens is 1. The maximum Gasteiger partial charge on any atom is 0.394 e. The highest BCUT2D eigenvalue weighted by Crippen LogP contribution is 2.36. The van der Waals surface area contributed by atoms with Crippen molar-refractivity contribution in [2.24, 2.45) is 5.92 Å².